The van der Waals surface area contributed by atoms with E-state index in [2.05, 4.69) is 6.07 Å². The number of fused-ring (bicyclic) bond motifs is 1. The summed E-state index contributed by atoms with van der Waals surface area (Å²) in [6.07, 6.45) is 5.49. The Morgan fingerprint density at radius 3 is 2.81 bits per heavy atom. The highest BCUT2D eigenvalue weighted by molar-refractivity contribution is 5.53. The average Bonchev–Trinajstić information content (AvgIpc) is 2.95. The minimum absolute atomic E-state index is 0.323. The molecule has 1 N–H and O–H groups in total. The highest BCUT2D eigenvalue weighted by Gasteiger charge is 2.14. The van der Waals surface area contributed by atoms with Gasteiger partial charge in [-0.2, -0.15) is 5.26 Å². The molecule has 0 unspecified atom stereocenters. The molecule has 0 fully saturated rings. The summed E-state index contributed by atoms with van der Waals surface area (Å²) in [4.78, 5) is 0. The molecule has 3 heteroatoms. The van der Waals surface area contributed by atoms with Gasteiger partial charge in [-0.3, -0.25) is 0 Å². The normalized spacial score (nSPS) is 12.9. The van der Waals surface area contributed by atoms with Crippen LogP contribution in [0, 0.1) is 11.3 Å². The molecule has 0 spiro atoms. The Kier molecular flexibility index (Phi) is 3.61. The molecule has 3 rings (SSSR count). The Labute approximate surface area is 123 Å². The first-order chi connectivity index (χ1) is 10.3. The molecule has 1 heterocycles. The second-order valence-electron chi connectivity index (χ2n) is 5.03. The van der Waals surface area contributed by atoms with E-state index in [9.17, 15) is 5.11 Å². The van der Waals surface area contributed by atoms with Gasteiger partial charge < -0.3 is 9.84 Å². The highest BCUT2D eigenvalue weighted by atomic mass is 16.5. The Morgan fingerprint density at radius 1 is 1.24 bits per heavy atom. The number of allylic oxidation sites excluding steroid dienone is 1. The van der Waals surface area contributed by atoms with Gasteiger partial charge in [0, 0.05) is 17.5 Å². The van der Waals surface area contributed by atoms with Crippen molar-refractivity contribution in [1.29, 1.82) is 5.26 Å². The first kappa shape index (κ1) is 13.3. The fraction of sp³-hybridized carbons (Fsp3) is 0.167. The van der Waals surface area contributed by atoms with E-state index >= 15 is 0 Å². The molecule has 2 aromatic rings. The van der Waals surface area contributed by atoms with Crippen LogP contribution in [0.15, 0.2) is 42.5 Å². The van der Waals surface area contributed by atoms with E-state index in [4.69, 9.17) is 10.00 Å². The number of aromatic hydroxyl groups is 1. The predicted octanol–water partition coefficient (Wildman–Crippen LogP) is 3.45. The van der Waals surface area contributed by atoms with Crippen molar-refractivity contribution in [2.45, 2.75) is 12.8 Å². The summed E-state index contributed by atoms with van der Waals surface area (Å²) in [5.74, 6) is 1.21. The van der Waals surface area contributed by atoms with Gasteiger partial charge in [0.1, 0.15) is 11.5 Å². The number of phenolic OH excluding ortho intramolecular Hbond substituents is 1. The van der Waals surface area contributed by atoms with Gasteiger partial charge in [-0.05, 0) is 36.2 Å². The smallest absolute Gasteiger partial charge is 0.123 e. The van der Waals surface area contributed by atoms with Crippen LogP contribution in [0.4, 0.5) is 0 Å². The SMILES string of the molecule is N#Cc1ccc(/C=C/Cc2cc3c(cc2O)CCO3)cc1. The summed E-state index contributed by atoms with van der Waals surface area (Å²) in [6, 6.07) is 13.2. The van der Waals surface area contributed by atoms with E-state index < -0.39 is 0 Å². The van der Waals surface area contributed by atoms with Gasteiger partial charge in [0.05, 0.1) is 18.2 Å². The first-order valence-corrected chi connectivity index (χ1v) is 6.90. The minimum Gasteiger partial charge on any atom is -0.508 e. The lowest BCUT2D eigenvalue weighted by molar-refractivity contribution is 0.356. The van der Waals surface area contributed by atoms with E-state index in [1.54, 1.807) is 18.2 Å². The Balaban J connectivity index is 1.72. The van der Waals surface area contributed by atoms with Crippen molar-refractivity contribution in [3.8, 4) is 17.6 Å². The Bertz CT molecular complexity index is 724. The second kappa shape index (κ2) is 5.72. The van der Waals surface area contributed by atoms with Gasteiger partial charge >= 0.3 is 0 Å². The topological polar surface area (TPSA) is 53.2 Å². The van der Waals surface area contributed by atoms with Crippen LogP contribution in [0.2, 0.25) is 0 Å². The van der Waals surface area contributed by atoms with Gasteiger partial charge in [-0.25, -0.2) is 0 Å². The quantitative estimate of drug-likeness (QED) is 0.934. The summed E-state index contributed by atoms with van der Waals surface area (Å²) < 4.78 is 5.52. The molecule has 104 valence electrons. The number of ether oxygens (including phenoxy) is 1. The second-order valence-corrected chi connectivity index (χ2v) is 5.03. The number of rotatable bonds is 3. The van der Waals surface area contributed by atoms with Gasteiger partial charge in [0.15, 0.2) is 0 Å². The highest BCUT2D eigenvalue weighted by Crippen LogP contribution is 2.32. The molecule has 0 aliphatic carbocycles. The maximum Gasteiger partial charge on any atom is 0.123 e. The van der Waals surface area contributed by atoms with Crippen LogP contribution in [-0.4, -0.2) is 11.7 Å². The molecule has 0 atom stereocenters. The van der Waals surface area contributed by atoms with Crippen LogP contribution in [0.25, 0.3) is 6.08 Å². The lowest BCUT2D eigenvalue weighted by Crippen LogP contribution is -1.87. The van der Waals surface area contributed by atoms with Crippen LogP contribution in [0.3, 0.4) is 0 Å². The van der Waals surface area contributed by atoms with Crippen molar-refractivity contribution in [2.75, 3.05) is 6.61 Å². The van der Waals surface area contributed by atoms with Crippen molar-refractivity contribution in [1.82, 2.24) is 0 Å². The molecule has 1 aliphatic heterocycles. The van der Waals surface area contributed by atoms with Crippen LogP contribution in [-0.2, 0) is 12.8 Å². The zero-order valence-electron chi connectivity index (χ0n) is 11.5. The predicted molar refractivity (Wildman–Crippen MR) is 81.2 cm³/mol. The molecule has 2 aromatic carbocycles. The van der Waals surface area contributed by atoms with Crippen molar-refractivity contribution in [3.05, 3.63) is 64.7 Å². The van der Waals surface area contributed by atoms with Gasteiger partial charge in [0.2, 0.25) is 0 Å². The van der Waals surface area contributed by atoms with E-state index in [-0.39, 0.29) is 0 Å². The van der Waals surface area contributed by atoms with Crippen molar-refractivity contribution in [2.24, 2.45) is 0 Å². The lowest BCUT2D eigenvalue weighted by Gasteiger charge is -2.05. The van der Waals surface area contributed by atoms with E-state index in [1.807, 2.05) is 30.4 Å². The van der Waals surface area contributed by atoms with Gasteiger partial charge in [-0.15, -0.1) is 0 Å². The number of hydrogen-bond acceptors (Lipinski definition) is 3. The third kappa shape index (κ3) is 2.90. The lowest BCUT2D eigenvalue weighted by atomic mass is 10.0. The monoisotopic (exact) mass is 277 g/mol. The van der Waals surface area contributed by atoms with E-state index in [1.165, 1.54) is 0 Å². The molecule has 0 saturated heterocycles. The Hall–Kier alpha value is -2.73. The molecule has 1 aliphatic rings. The number of nitrogens with zero attached hydrogens (tertiary/aromatic N) is 1. The maximum atomic E-state index is 10.0. The van der Waals surface area contributed by atoms with Crippen LogP contribution in [0.5, 0.6) is 11.5 Å². The maximum absolute atomic E-state index is 10.0. The van der Waals surface area contributed by atoms with Gasteiger partial charge in [-0.1, -0.05) is 24.3 Å². The largest absolute Gasteiger partial charge is 0.508 e. The fourth-order valence-electron chi connectivity index (χ4n) is 2.41. The number of hydrogen-bond donors (Lipinski definition) is 1. The zero-order chi connectivity index (χ0) is 14.7. The van der Waals surface area contributed by atoms with Crippen molar-refractivity contribution in [3.63, 3.8) is 0 Å². The van der Waals surface area contributed by atoms with E-state index in [0.717, 1.165) is 28.9 Å². The van der Waals surface area contributed by atoms with Crippen LogP contribution in [0.1, 0.15) is 22.3 Å². The van der Waals surface area contributed by atoms with Crippen molar-refractivity contribution >= 4 is 6.08 Å². The fourth-order valence-corrected chi connectivity index (χ4v) is 2.41. The molecule has 3 nitrogen and oxygen atoms in total. The summed E-state index contributed by atoms with van der Waals surface area (Å²) in [5, 5.41) is 18.8. The molecule has 21 heavy (non-hydrogen) atoms. The third-order valence-electron chi connectivity index (χ3n) is 3.58. The molecule has 0 aromatic heterocycles. The Morgan fingerprint density at radius 2 is 2.05 bits per heavy atom. The third-order valence-corrected chi connectivity index (χ3v) is 3.58. The number of nitriles is 1. The van der Waals surface area contributed by atoms with Crippen LogP contribution < -0.4 is 4.74 Å². The molecule has 0 bridgehead atoms. The summed E-state index contributed by atoms with van der Waals surface area (Å²) in [6.45, 7) is 0.694. The molecule has 0 radical (unpaired) electrons. The minimum atomic E-state index is 0.323. The molecular weight excluding hydrogens is 262 g/mol. The number of benzene rings is 2. The molecule has 0 saturated carbocycles. The van der Waals surface area contributed by atoms with Crippen molar-refractivity contribution < 1.29 is 9.84 Å². The van der Waals surface area contributed by atoms with Crippen LogP contribution >= 0.6 is 0 Å². The first-order valence-electron chi connectivity index (χ1n) is 6.90. The summed E-state index contributed by atoms with van der Waals surface area (Å²) in [7, 11) is 0. The average molecular weight is 277 g/mol. The standard InChI is InChI=1S/C18H15NO2/c19-12-14-6-4-13(5-7-14)2-1-3-15-11-18-16(8-9-21-18)10-17(15)20/h1-2,4-7,10-11,20H,3,8-9H2/b2-1+. The summed E-state index contributed by atoms with van der Waals surface area (Å²) >= 11 is 0. The molecular formula is C18H15NO2. The van der Waals surface area contributed by atoms with E-state index in [0.29, 0.717) is 24.3 Å². The zero-order valence-corrected chi connectivity index (χ0v) is 11.5. The van der Waals surface area contributed by atoms with Gasteiger partial charge in [0.25, 0.3) is 0 Å². The number of phenols is 1. The molecule has 0 amide bonds. The summed E-state index contributed by atoms with van der Waals surface area (Å²) in [5.41, 5.74) is 3.62.